The van der Waals surface area contributed by atoms with Crippen LogP contribution in [0.2, 0.25) is 0 Å². The molecule has 0 saturated heterocycles. The Morgan fingerprint density at radius 1 is 1.71 bits per heavy atom. The van der Waals surface area contributed by atoms with Crippen molar-refractivity contribution in [2.75, 3.05) is 0 Å². The third-order valence-corrected chi connectivity index (χ3v) is 1.25. The van der Waals surface area contributed by atoms with E-state index in [9.17, 15) is 0 Å². The Morgan fingerprint density at radius 3 is 2.43 bits per heavy atom. The van der Waals surface area contributed by atoms with Crippen molar-refractivity contribution < 1.29 is 0 Å². The van der Waals surface area contributed by atoms with Gasteiger partial charge >= 0.3 is 0 Å². The molecular formula is C6H11Cl. The molecule has 0 radical (unpaired) electrons. The zero-order valence-corrected chi connectivity index (χ0v) is 5.57. The molecule has 0 amide bonds. The number of hydrogen-bond donors (Lipinski definition) is 0. The van der Waals surface area contributed by atoms with Crippen molar-refractivity contribution in [2.45, 2.75) is 25.6 Å². The van der Waals surface area contributed by atoms with Gasteiger partial charge in [-0.05, 0) is 13.3 Å². The molecule has 0 aliphatic carbocycles. The molecule has 1 atom stereocenters. The molecule has 0 bridgehead atoms. The van der Waals surface area contributed by atoms with E-state index in [1.54, 1.807) is 0 Å². The summed E-state index contributed by atoms with van der Waals surface area (Å²) < 4.78 is 0. The minimum atomic E-state index is 0.241. The highest BCUT2D eigenvalue weighted by atomic mass is 35.5. The van der Waals surface area contributed by atoms with Gasteiger partial charge in [0.15, 0.2) is 0 Å². The smallest absolute Gasteiger partial charge is 0.0513 e. The van der Waals surface area contributed by atoms with Gasteiger partial charge in [-0.2, -0.15) is 0 Å². The highest BCUT2D eigenvalue weighted by molar-refractivity contribution is 6.21. The Balaban J connectivity index is 3.16. The van der Waals surface area contributed by atoms with E-state index < -0.39 is 0 Å². The normalized spacial score (nSPS) is 15.3. The van der Waals surface area contributed by atoms with Crippen LogP contribution in [0.25, 0.3) is 0 Å². The third kappa shape index (κ3) is 3.87. The minimum absolute atomic E-state index is 0.241. The zero-order valence-electron chi connectivity index (χ0n) is 4.82. The lowest BCUT2D eigenvalue weighted by atomic mass is 10.3. The summed E-state index contributed by atoms with van der Waals surface area (Å²) in [7, 11) is 0. The van der Waals surface area contributed by atoms with E-state index in [1.807, 2.05) is 19.1 Å². The zero-order chi connectivity index (χ0) is 5.70. The van der Waals surface area contributed by atoms with E-state index in [0.29, 0.717) is 0 Å². The lowest BCUT2D eigenvalue weighted by molar-refractivity contribution is 0.965. The van der Waals surface area contributed by atoms with E-state index in [2.05, 4.69) is 6.92 Å². The molecule has 0 spiro atoms. The third-order valence-electron chi connectivity index (χ3n) is 0.791. The fourth-order valence-corrected chi connectivity index (χ4v) is 0.490. The van der Waals surface area contributed by atoms with Crippen LogP contribution < -0.4 is 0 Å². The van der Waals surface area contributed by atoms with Crippen LogP contribution >= 0.6 is 11.6 Å². The molecule has 0 aromatic carbocycles. The predicted molar refractivity (Wildman–Crippen MR) is 34.7 cm³/mol. The molecular weight excluding hydrogens is 108 g/mol. The van der Waals surface area contributed by atoms with Crippen LogP contribution in [0, 0.1) is 0 Å². The summed E-state index contributed by atoms with van der Waals surface area (Å²) in [6.07, 6.45) is 4.98. The first kappa shape index (κ1) is 7.03. The molecule has 0 aliphatic rings. The van der Waals surface area contributed by atoms with Gasteiger partial charge in [0.05, 0.1) is 5.38 Å². The number of allylic oxidation sites excluding steroid dienone is 2. The van der Waals surface area contributed by atoms with Crippen molar-refractivity contribution in [3.05, 3.63) is 12.2 Å². The molecule has 0 saturated carbocycles. The van der Waals surface area contributed by atoms with E-state index in [4.69, 9.17) is 11.6 Å². The molecule has 42 valence electrons. The molecule has 0 aromatic heterocycles. The van der Waals surface area contributed by atoms with Gasteiger partial charge in [-0.25, -0.2) is 0 Å². The highest BCUT2D eigenvalue weighted by Gasteiger charge is 1.89. The van der Waals surface area contributed by atoms with Gasteiger partial charge in [0.2, 0.25) is 0 Å². The van der Waals surface area contributed by atoms with Crippen LogP contribution in [0.4, 0.5) is 0 Å². The van der Waals surface area contributed by atoms with E-state index in [0.717, 1.165) is 6.42 Å². The monoisotopic (exact) mass is 118 g/mol. The first-order valence-electron chi connectivity index (χ1n) is 2.58. The second-order valence-corrected chi connectivity index (χ2v) is 2.01. The predicted octanol–water partition coefficient (Wildman–Crippen LogP) is 2.58. The average Bonchev–Trinajstić information content (AvgIpc) is 1.68. The molecule has 0 aromatic rings. The molecule has 0 fully saturated rings. The van der Waals surface area contributed by atoms with Gasteiger partial charge in [-0.3, -0.25) is 0 Å². The van der Waals surface area contributed by atoms with Gasteiger partial charge in [0.1, 0.15) is 0 Å². The summed E-state index contributed by atoms with van der Waals surface area (Å²) in [6.45, 7) is 4.04. The summed E-state index contributed by atoms with van der Waals surface area (Å²) in [5.41, 5.74) is 0. The van der Waals surface area contributed by atoms with Crippen LogP contribution in [-0.4, -0.2) is 5.38 Å². The first-order valence-corrected chi connectivity index (χ1v) is 3.01. The number of rotatable bonds is 2. The van der Waals surface area contributed by atoms with Gasteiger partial charge < -0.3 is 0 Å². The van der Waals surface area contributed by atoms with E-state index >= 15 is 0 Å². The summed E-state index contributed by atoms with van der Waals surface area (Å²) in [4.78, 5) is 0. The van der Waals surface area contributed by atoms with E-state index in [1.165, 1.54) is 0 Å². The molecule has 0 heterocycles. The average molecular weight is 119 g/mol. The van der Waals surface area contributed by atoms with Crippen molar-refractivity contribution in [3.63, 3.8) is 0 Å². The lowest BCUT2D eigenvalue weighted by Crippen LogP contribution is -1.86. The fraction of sp³-hybridized carbons (Fsp3) is 0.667. The molecule has 1 unspecified atom stereocenters. The number of halogens is 1. The number of alkyl halides is 1. The van der Waals surface area contributed by atoms with Gasteiger partial charge in [-0.15, -0.1) is 11.6 Å². The van der Waals surface area contributed by atoms with Crippen LogP contribution in [0.1, 0.15) is 20.3 Å². The molecule has 0 aliphatic heterocycles. The van der Waals surface area contributed by atoms with Crippen LogP contribution in [0.15, 0.2) is 12.2 Å². The Labute approximate surface area is 50.2 Å². The maximum Gasteiger partial charge on any atom is 0.0513 e. The van der Waals surface area contributed by atoms with Crippen molar-refractivity contribution in [2.24, 2.45) is 0 Å². The summed E-state index contributed by atoms with van der Waals surface area (Å²) in [5, 5.41) is 0.241. The second kappa shape index (κ2) is 4.20. The lowest BCUT2D eigenvalue weighted by Gasteiger charge is -1.92. The molecule has 0 N–H and O–H groups in total. The van der Waals surface area contributed by atoms with Gasteiger partial charge in [0, 0.05) is 0 Å². The van der Waals surface area contributed by atoms with Crippen molar-refractivity contribution in [1.29, 1.82) is 0 Å². The topological polar surface area (TPSA) is 0 Å². The van der Waals surface area contributed by atoms with Crippen LogP contribution in [0.3, 0.4) is 0 Å². The maximum atomic E-state index is 5.68. The first-order chi connectivity index (χ1) is 3.31. The molecule has 7 heavy (non-hydrogen) atoms. The number of hydrogen-bond acceptors (Lipinski definition) is 0. The Hall–Kier alpha value is 0.0300. The highest BCUT2D eigenvalue weighted by Crippen LogP contribution is 2.00. The Kier molecular flexibility index (Phi) is 4.21. The molecule has 0 rings (SSSR count). The Bertz CT molecular complexity index is 57.2. The van der Waals surface area contributed by atoms with Crippen molar-refractivity contribution in [3.8, 4) is 0 Å². The van der Waals surface area contributed by atoms with Gasteiger partial charge in [0.25, 0.3) is 0 Å². The SMILES string of the molecule is C/C=C\C(Cl)CC. The summed E-state index contributed by atoms with van der Waals surface area (Å²) >= 11 is 5.68. The van der Waals surface area contributed by atoms with Crippen molar-refractivity contribution in [1.82, 2.24) is 0 Å². The van der Waals surface area contributed by atoms with Crippen LogP contribution in [-0.2, 0) is 0 Å². The molecule has 1 heteroatoms. The van der Waals surface area contributed by atoms with Crippen LogP contribution in [0.5, 0.6) is 0 Å². The summed E-state index contributed by atoms with van der Waals surface area (Å²) in [6, 6.07) is 0. The standard InChI is InChI=1S/C6H11Cl/c1-3-5-6(7)4-2/h3,5-6H,4H2,1-2H3/b5-3-. The summed E-state index contributed by atoms with van der Waals surface area (Å²) in [5.74, 6) is 0. The largest absolute Gasteiger partial charge is 0.118 e. The fourth-order valence-electron chi connectivity index (χ4n) is 0.345. The van der Waals surface area contributed by atoms with Crippen molar-refractivity contribution >= 4 is 11.6 Å². The minimum Gasteiger partial charge on any atom is -0.118 e. The second-order valence-electron chi connectivity index (χ2n) is 1.45. The molecule has 0 nitrogen and oxygen atoms in total. The quantitative estimate of drug-likeness (QED) is 0.386. The van der Waals surface area contributed by atoms with E-state index in [-0.39, 0.29) is 5.38 Å². The van der Waals surface area contributed by atoms with Gasteiger partial charge in [-0.1, -0.05) is 19.1 Å². The Morgan fingerprint density at radius 2 is 2.29 bits per heavy atom. The maximum absolute atomic E-state index is 5.68.